The third-order valence-corrected chi connectivity index (χ3v) is 2.67. The van der Waals surface area contributed by atoms with E-state index in [4.69, 9.17) is 11.6 Å². The molecule has 1 aromatic heterocycles. The number of hydrogen-bond acceptors (Lipinski definition) is 4. The first-order valence-corrected chi connectivity index (χ1v) is 5.42. The molecule has 0 bridgehead atoms. The standard InChI is InChI=1S/C10H15ClN4/c1-10(2)7-15(4-3-13-10)9-6-12-5-8(11)14-9/h5-6,13H,3-4,7H2,1-2H3. The van der Waals surface area contributed by atoms with Crippen LogP contribution in [0.5, 0.6) is 0 Å². The van der Waals surface area contributed by atoms with Crippen molar-refractivity contribution in [3.05, 3.63) is 17.5 Å². The molecule has 0 amide bonds. The van der Waals surface area contributed by atoms with Crippen molar-refractivity contribution in [2.45, 2.75) is 19.4 Å². The summed E-state index contributed by atoms with van der Waals surface area (Å²) in [5.74, 6) is 0.858. The summed E-state index contributed by atoms with van der Waals surface area (Å²) >= 11 is 5.82. The van der Waals surface area contributed by atoms with Crippen molar-refractivity contribution in [2.24, 2.45) is 0 Å². The summed E-state index contributed by atoms with van der Waals surface area (Å²) in [4.78, 5) is 10.5. The van der Waals surface area contributed by atoms with Gasteiger partial charge >= 0.3 is 0 Å². The predicted molar refractivity (Wildman–Crippen MR) is 61.3 cm³/mol. The molecule has 0 radical (unpaired) electrons. The fourth-order valence-corrected chi connectivity index (χ4v) is 1.96. The molecule has 0 aliphatic carbocycles. The van der Waals surface area contributed by atoms with E-state index in [1.807, 2.05) is 0 Å². The molecule has 1 aliphatic heterocycles. The molecule has 1 aliphatic rings. The van der Waals surface area contributed by atoms with E-state index >= 15 is 0 Å². The Kier molecular flexibility index (Phi) is 2.80. The minimum Gasteiger partial charge on any atom is -0.352 e. The molecule has 1 aromatic rings. The fraction of sp³-hybridized carbons (Fsp3) is 0.600. The third kappa shape index (κ3) is 2.58. The molecule has 5 heteroatoms. The molecule has 4 nitrogen and oxygen atoms in total. The largest absolute Gasteiger partial charge is 0.352 e. The second-order valence-corrected chi connectivity index (χ2v) is 4.82. The topological polar surface area (TPSA) is 41.1 Å². The quantitative estimate of drug-likeness (QED) is 0.784. The van der Waals surface area contributed by atoms with Crippen molar-refractivity contribution in [2.75, 3.05) is 24.5 Å². The van der Waals surface area contributed by atoms with E-state index in [2.05, 4.69) is 34.0 Å². The number of aromatic nitrogens is 2. The zero-order chi connectivity index (χ0) is 10.9. The van der Waals surface area contributed by atoms with Gasteiger partial charge in [0.05, 0.1) is 12.4 Å². The van der Waals surface area contributed by atoms with Crippen LogP contribution in [0.4, 0.5) is 5.82 Å². The molecule has 82 valence electrons. The first-order chi connectivity index (χ1) is 7.07. The minimum absolute atomic E-state index is 0.113. The molecule has 0 unspecified atom stereocenters. The van der Waals surface area contributed by atoms with Crippen molar-refractivity contribution in [1.29, 1.82) is 0 Å². The monoisotopic (exact) mass is 226 g/mol. The number of anilines is 1. The van der Waals surface area contributed by atoms with Crippen LogP contribution in [0.1, 0.15) is 13.8 Å². The van der Waals surface area contributed by atoms with Gasteiger partial charge in [-0.3, -0.25) is 4.98 Å². The molecule has 2 rings (SSSR count). The van der Waals surface area contributed by atoms with E-state index in [1.54, 1.807) is 12.4 Å². The maximum atomic E-state index is 5.82. The summed E-state index contributed by atoms with van der Waals surface area (Å²) in [6.45, 7) is 7.18. The SMILES string of the molecule is CC1(C)CN(c2cncc(Cl)n2)CCN1. The Labute approximate surface area is 94.7 Å². The van der Waals surface area contributed by atoms with Crippen molar-refractivity contribution in [1.82, 2.24) is 15.3 Å². The maximum absolute atomic E-state index is 5.82. The number of nitrogens with one attached hydrogen (secondary N) is 1. The summed E-state index contributed by atoms with van der Waals surface area (Å²) in [5, 5.41) is 3.90. The average Bonchev–Trinajstić information content (AvgIpc) is 2.16. The summed E-state index contributed by atoms with van der Waals surface area (Å²) in [6, 6.07) is 0. The fourth-order valence-electron chi connectivity index (χ4n) is 1.82. The normalized spacial score (nSPS) is 20.3. The van der Waals surface area contributed by atoms with Gasteiger partial charge in [0.15, 0.2) is 0 Å². The lowest BCUT2D eigenvalue weighted by molar-refractivity contribution is 0.351. The van der Waals surface area contributed by atoms with Gasteiger partial charge in [0.1, 0.15) is 11.0 Å². The van der Waals surface area contributed by atoms with Gasteiger partial charge in [-0.25, -0.2) is 4.98 Å². The molecule has 0 aromatic carbocycles. The highest BCUT2D eigenvalue weighted by Gasteiger charge is 2.26. The number of rotatable bonds is 1. The zero-order valence-electron chi connectivity index (χ0n) is 9.00. The van der Waals surface area contributed by atoms with Crippen LogP contribution in [-0.2, 0) is 0 Å². The van der Waals surface area contributed by atoms with Gasteiger partial charge in [-0.2, -0.15) is 0 Å². The number of nitrogens with zero attached hydrogens (tertiary/aromatic N) is 3. The lowest BCUT2D eigenvalue weighted by atomic mass is 10.0. The van der Waals surface area contributed by atoms with Gasteiger partial charge in [-0.1, -0.05) is 11.6 Å². The van der Waals surface area contributed by atoms with Crippen molar-refractivity contribution >= 4 is 17.4 Å². The molecule has 0 atom stereocenters. The number of hydrogen-bond donors (Lipinski definition) is 1. The van der Waals surface area contributed by atoms with Gasteiger partial charge in [-0.05, 0) is 13.8 Å². The van der Waals surface area contributed by atoms with Crippen LogP contribution < -0.4 is 10.2 Å². The van der Waals surface area contributed by atoms with Crippen LogP contribution in [0.25, 0.3) is 0 Å². The molecule has 1 saturated heterocycles. The van der Waals surface area contributed by atoms with Crippen LogP contribution in [0.3, 0.4) is 0 Å². The number of piperazine rings is 1. The summed E-state index contributed by atoms with van der Waals surface area (Å²) in [7, 11) is 0. The first-order valence-electron chi connectivity index (χ1n) is 5.04. The van der Waals surface area contributed by atoms with E-state index < -0.39 is 0 Å². The highest BCUT2D eigenvalue weighted by molar-refractivity contribution is 6.29. The Balaban J connectivity index is 2.17. The Morgan fingerprint density at radius 1 is 1.47 bits per heavy atom. The van der Waals surface area contributed by atoms with Crippen LogP contribution in [0, 0.1) is 0 Å². The summed E-state index contributed by atoms with van der Waals surface area (Å²) in [5.41, 5.74) is 0.113. The summed E-state index contributed by atoms with van der Waals surface area (Å²) < 4.78 is 0. The van der Waals surface area contributed by atoms with Crippen molar-refractivity contribution < 1.29 is 0 Å². The lowest BCUT2D eigenvalue weighted by Gasteiger charge is -2.39. The average molecular weight is 227 g/mol. The van der Waals surface area contributed by atoms with E-state index in [0.29, 0.717) is 5.15 Å². The van der Waals surface area contributed by atoms with Gasteiger partial charge in [0, 0.05) is 25.2 Å². The van der Waals surface area contributed by atoms with Gasteiger partial charge in [-0.15, -0.1) is 0 Å². The van der Waals surface area contributed by atoms with Crippen LogP contribution in [0.2, 0.25) is 5.15 Å². The van der Waals surface area contributed by atoms with E-state index in [1.165, 1.54) is 0 Å². The molecule has 1 N–H and O–H groups in total. The van der Waals surface area contributed by atoms with Crippen molar-refractivity contribution in [3.63, 3.8) is 0 Å². The summed E-state index contributed by atoms with van der Waals surface area (Å²) in [6.07, 6.45) is 3.31. The molecule has 15 heavy (non-hydrogen) atoms. The minimum atomic E-state index is 0.113. The third-order valence-electron chi connectivity index (χ3n) is 2.49. The van der Waals surface area contributed by atoms with Crippen LogP contribution in [-0.4, -0.2) is 35.1 Å². The molecule has 1 fully saturated rings. The Morgan fingerprint density at radius 2 is 2.27 bits per heavy atom. The number of halogens is 1. The molecule has 0 saturated carbocycles. The molecular weight excluding hydrogens is 212 g/mol. The highest BCUT2D eigenvalue weighted by atomic mass is 35.5. The predicted octanol–water partition coefficient (Wildman–Crippen LogP) is 1.32. The van der Waals surface area contributed by atoms with E-state index in [-0.39, 0.29) is 5.54 Å². The Hall–Kier alpha value is -0.870. The van der Waals surface area contributed by atoms with E-state index in [9.17, 15) is 0 Å². The molecule has 0 spiro atoms. The van der Waals surface area contributed by atoms with Gasteiger partial charge in [0.25, 0.3) is 0 Å². The van der Waals surface area contributed by atoms with Gasteiger partial charge in [0.2, 0.25) is 0 Å². The lowest BCUT2D eigenvalue weighted by Crippen LogP contribution is -2.57. The maximum Gasteiger partial charge on any atom is 0.149 e. The highest BCUT2D eigenvalue weighted by Crippen LogP contribution is 2.18. The second-order valence-electron chi connectivity index (χ2n) is 4.43. The van der Waals surface area contributed by atoms with Crippen LogP contribution >= 0.6 is 11.6 Å². The first kappa shape index (κ1) is 10.6. The smallest absolute Gasteiger partial charge is 0.149 e. The van der Waals surface area contributed by atoms with Crippen LogP contribution in [0.15, 0.2) is 12.4 Å². The Morgan fingerprint density at radius 3 is 2.93 bits per heavy atom. The van der Waals surface area contributed by atoms with Crippen molar-refractivity contribution in [3.8, 4) is 0 Å². The second kappa shape index (κ2) is 3.94. The molecular formula is C10H15ClN4. The van der Waals surface area contributed by atoms with Gasteiger partial charge < -0.3 is 10.2 Å². The molecule has 2 heterocycles. The van der Waals surface area contributed by atoms with E-state index in [0.717, 1.165) is 25.5 Å². The Bertz CT molecular complexity index is 353. The zero-order valence-corrected chi connectivity index (χ0v) is 9.75.